The highest BCUT2D eigenvalue weighted by Gasteiger charge is 2.10. The van der Waals surface area contributed by atoms with Crippen LogP contribution in [0.2, 0.25) is 0 Å². The van der Waals surface area contributed by atoms with Crippen LogP contribution in [-0.2, 0) is 0 Å². The van der Waals surface area contributed by atoms with Gasteiger partial charge < -0.3 is 8.83 Å². The Morgan fingerprint density at radius 2 is 2.13 bits per heavy atom. The Labute approximate surface area is 90.0 Å². The fraction of sp³-hybridized carbons (Fsp3) is 0. The number of oxazole rings is 1. The molecule has 0 fully saturated rings. The Morgan fingerprint density at radius 1 is 1.13 bits per heavy atom. The van der Waals surface area contributed by atoms with Crippen molar-refractivity contribution in [2.75, 3.05) is 0 Å². The fourth-order valence-electron chi connectivity index (χ4n) is 1.32. The third-order valence-electron chi connectivity index (χ3n) is 2.01. The molecule has 0 saturated heterocycles. The quantitative estimate of drug-likeness (QED) is 0.657. The van der Waals surface area contributed by atoms with Crippen molar-refractivity contribution < 1.29 is 8.83 Å². The molecule has 0 amide bonds. The lowest BCUT2D eigenvalue weighted by atomic mass is 10.4. The molecule has 3 heterocycles. The highest BCUT2D eigenvalue weighted by molar-refractivity contribution is 7.13. The van der Waals surface area contributed by atoms with Crippen LogP contribution in [0.3, 0.4) is 0 Å². The van der Waals surface area contributed by atoms with Gasteiger partial charge in [0, 0.05) is 0 Å². The Kier molecular flexibility index (Phi) is 1.93. The summed E-state index contributed by atoms with van der Waals surface area (Å²) < 4.78 is 10.6. The second kappa shape index (κ2) is 3.40. The zero-order valence-electron chi connectivity index (χ0n) is 7.71. The molecule has 0 spiro atoms. The van der Waals surface area contributed by atoms with Crippen LogP contribution in [0.15, 0.2) is 51.0 Å². The molecule has 4 heteroatoms. The van der Waals surface area contributed by atoms with E-state index in [1.54, 1.807) is 23.9 Å². The van der Waals surface area contributed by atoms with Crippen molar-refractivity contribution in [3.63, 3.8) is 0 Å². The molecule has 0 aromatic carbocycles. The Balaban J connectivity index is 2.02. The molecule has 0 atom stereocenters. The maximum atomic E-state index is 5.37. The summed E-state index contributed by atoms with van der Waals surface area (Å²) >= 11 is 1.60. The number of thiophene rings is 1. The molecule has 0 aliphatic heterocycles. The lowest BCUT2D eigenvalue weighted by molar-refractivity contribution is 0.568. The van der Waals surface area contributed by atoms with Crippen molar-refractivity contribution in [3.05, 3.63) is 42.2 Å². The summed E-state index contributed by atoms with van der Waals surface area (Å²) in [6.45, 7) is 0. The minimum absolute atomic E-state index is 0.636. The van der Waals surface area contributed by atoms with Crippen LogP contribution in [0.25, 0.3) is 22.2 Å². The molecular weight excluding hydrogens is 210 g/mol. The van der Waals surface area contributed by atoms with Gasteiger partial charge in [-0.3, -0.25) is 0 Å². The summed E-state index contributed by atoms with van der Waals surface area (Å²) in [4.78, 5) is 5.37. The summed E-state index contributed by atoms with van der Waals surface area (Å²) in [5, 5.41) is 1.99. The number of hydrogen-bond donors (Lipinski definition) is 0. The molecule has 0 saturated carbocycles. The predicted molar refractivity (Wildman–Crippen MR) is 57.5 cm³/mol. The van der Waals surface area contributed by atoms with E-state index in [1.807, 2.05) is 29.6 Å². The zero-order valence-corrected chi connectivity index (χ0v) is 8.53. The van der Waals surface area contributed by atoms with Gasteiger partial charge in [-0.15, -0.1) is 11.3 Å². The molecule has 0 bridgehead atoms. The van der Waals surface area contributed by atoms with Gasteiger partial charge in [0.2, 0.25) is 5.89 Å². The second-order valence-corrected chi connectivity index (χ2v) is 3.94. The van der Waals surface area contributed by atoms with Gasteiger partial charge in [0.05, 0.1) is 11.1 Å². The van der Waals surface area contributed by atoms with Gasteiger partial charge in [-0.25, -0.2) is 4.98 Å². The van der Waals surface area contributed by atoms with Crippen molar-refractivity contribution in [2.24, 2.45) is 0 Å². The highest BCUT2D eigenvalue weighted by atomic mass is 32.1. The molecule has 3 aromatic heterocycles. The number of furan rings is 1. The number of nitrogens with zero attached hydrogens (tertiary/aromatic N) is 1. The lowest BCUT2D eigenvalue weighted by Crippen LogP contribution is -1.73. The van der Waals surface area contributed by atoms with Crippen molar-refractivity contribution in [1.82, 2.24) is 4.98 Å². The van der Waals surface area contributed by atoms with E-state index in [-0.39, 0.29) is 0 Å². The van der Waals surface area contributed by atoms with Gasteiger partial charge in [-0.1, -0.05) is 6.07 Å². The summed E-state index contributed by atoms with van der Waals surface area (Å²) in [7, 11) is 0. The van der Waals surface area contributed by atoms with Crippen LogP contribution in [0, 0.1) is 0 Å². The van der Waals surface area contributed by atoms with Crippen molar-refractivity contribution in [1.29, 1.82) is 0 Å². The van der Waals surface area contributed by atoms with E-state index >= 15 is 0 Å². The molecule has 15 heavy (non-hydrogen) atoms. The fourth-order valence-corrected chi connectivity index (χ4v) is 1.98. The average molecular weight is 217 g/mol. The van der Waals surface area contributed by atoms with Crippen molar-refractivity contribution in [2.45, 2.75) is 0 Å². The van der Waals surface area contributed by atoms with E-state index in [1.165, 1.54) is 0 Å². The standard InChI is InChI=1S/C11H7NO2S/c1-3-9(13-5-1)8-7-14-11(12-8)10-4-2-6-15-10/h1-7H. The first-order valence-electron chi connectivity index (χ1n) is 4.47. The van der Waals surface area contributed by atoms with E-state index < -0.39 is 0 Å². The second-order valence-electron chi connectivity index (χ2n) is 2.99. The Morgan fingerprint density at radius 3 is 2.87 bits per heavy atom. The molecule has 3 nitrogen and oxygen atoms in total. The normalized spacial score (nSPS) is 10.7. The van der Waals surface area contributed by atoms with E-state index in [9.17, 15) is 0 Å². The van der Waals surface area contributed by atoms with Gasteiger partial charge >= 0.3 is 0 Å². The van der Waals surface area contributed by atoms with E-state index in [4.69, 9.17) is 8.83 Å². The predicted octanol–water partition coefficient (Wildman–Crippen LogP) is 3.66. The van der Waals surface area contributed by atoms with Crippen LogP contribution >= 0.6 is 11.3 Å². The molecule has 0 aliphatic carbocycles. The van der Waals surface area contributed by atoms with Crippen LogP contribution in [0.4, 0.5) is 0 Å². The van der Waals surface area contributed by atoms with Crippen LogP contribution in [0.5, 0.6) is 0 Å². The Hall–Kier alpha value is -1.81. The average Bonchev–Trinajstić information content (AvgIpc) is 3.02. The smallest absolute Gasteiger partial charge is 0.236 e. The van der Waals surface area contributed by atoms with Crippen LogP contribution in [0.1, 0.15) is 0 Å². The molecular formula is C11H7NO2S. The summed E-state index contributed by atoms with van der Waals surface area (Å²) in [5.41, 5.74) is 0.725. The van der Waals surface area contributed by atoms with E-state index in [0.717, 1.165) is 16.3 Å². The number of aromatic nitrogens is 1. The maximum absolute atomic E-state index is 5.37. The molecule has 3 rings (SSSR count). The number of rotatable bonds is 2. The minimum atomic E-state index is 0.636. The first-order chi connectivity index (χ1) is 7.43. The van der Waals surface area contributed by atoms with E-state index in [2.05, 4.69) is 4.98 Å². The molecule has 0 unspecified atom stereocenters. The van der Waals surface area contributed by atoms with Crippen molar-refractivity contribution in [3.8, 4) is 22.2 Å². The summed E-state index contributed by atoms with van der Waals surface area (Å²) in [6, 6.07) is 7.63. The Bertz CT molecular complexity index is 488. The topological polar surface area (TPSA) is 39.2 Å². The largest absolute Gasteiger partial charge is 0.463 e. The monoisotopic (exact) mass is 217 g/mol. The number of hydrogen-bond acceptors (Lipinski definition) is 4. The maximum Gasteiger partial charge on any atom is 0.236 e. The highest BCUT2D eigenvalue weighted by Crippen LogP contribution is 2.27. The van der Waals surface area contributed by atoms with Gasteiger partial charge in [-0.05, 0) is 23.6 Å². The van der Waals surface area contributed by atoms with Gasteiger partial charge in [0.25, 0.3) is 0 Å². The molecule has 0 radical (unpaired) electrons. The SMILES string of the molecule is c1coc(-c2coc(-c3cccs3)n2)c1. The molecule has 0 N–H and O–H groups in total. The summed E-state index contributed by atoms with van der Waals surface area (Å²) in [5.74, 6) is 1.36. The van der Waals surface area contributed by atoms with Crippen LogP contribution < -0.4 is 0 Å². The first kappa shape index (κ1) is 8.49. The minimum Gasteiger partial charge on any atom is -0.463 e. The zero-order chi connectivity index (χ0) is 10.1. The van der Waals surface area contributed by atoms with Gasteiger partial charge in [0.1, 0.15) is 12.0 Å². The van der Waals surface area contributed by atoms with Gasteiger partial charge in [-0.2, -0.15) is 0 Å². The third kappa shape index (κ3) is 1.49. The molecule has 3 aromatic rings. The molecule has 0 aliphatic rings. The third-order valence-corrected chi connectivity index (χ3v) is 2.87. The molecule has 74 valence electrons. The van der Waals surface area contributed by atoms with Crippen LogP contribution in [-0.4, -0.2) is 4.98 Å². The van der Waals surface area contributed by atoms with Gasteiger partial charge in [0.15, 0.2) is 5.76 Å². The van der Waals surface area contributed by atoms with Crippen molar-refractivity contribution >= 4 is 11.3 Å². The summed E-state index contributed by atoms with van der Waals surface area (Å²) in [6.07, 6.45) is 3.22. The lowest BCUT2D eigenvalue weighted by Gasteiger charge is -1.86. The van der Waals surface area contributed by atoms with E-state index in [0.29, 0.717) is 5.89 Å². The first-order valence-corrected chi connectivity index (χ1v) is 5.35.